The van der Waals surface area contributed by atoms with E-state index in [1.165, 1.54) is 0 Å². The molecule has 2 heterocycles. The first-order valence-electron chi connectivity index (χ1n) is 7.95. The van der Waals surface area contributed by atoms with E-state index in [4.69, 9.17) is 14.2 Å². The van der Waals surface area contributed by atoms with Crippen LogP contribution in [0.2, 0.25) is 0 Å². The molecule has 3 rings (SSSR count). The van der Waals surface area contributed by atoms with Gasteiger partial charge in [0.1, 0.15) is 17.5 Å². The van der Waals surface area contributed by atoms with Gasteiger partial charge < -0.3 is 19.3 Å². The summed E-state index contributed by atoms with van der Waals surface area (Å²) in [5.41, 5.74) is 0.291. The molecule has 0 radical (unpaired) electrons. The lowest BCUT2D eigenvalue weighted by atomic mass is 9.85. The Bertz CT molecular complexity index is 558. The van der Waals surface area contributed by atoms with E-state index in [-0.39, 0.29) is 12.8 Å². The normalized spacial score (nSPS) is 25.0. The van der Waals surface area contributed by atoms with Gasteiger partial charge in [0.2, 0.25) is 6.79 Å². The third kappa shape index (κ3) is 2.52. The van der Waals surface area contributed by atoms with Crippen molar-refractivity contribution in [1.29, 1.82) is 0 Å². The van der Waals surface area contributed by atoms with Crippen LogP contribution in [0.1, 0.15) is 45.3 Å². The maximum atomic E-state index is 10.9. The van der Waals surface area contributed by atoms with Gasteiger partial charge in [-0.1, -0.05) is 13.3 Å². The molecule has 0 saturated carbocycles. The molecule has 0 bridgehead atoms. The summed E-state index contributed by atoms with van der Waals surface area (Å²) in [7, 11) is 2.05. The zero-order valence-electron chi connectivity index (χ0n) is 13.8. The summed E-state index contributed by atoms with van der Waals surface area (Å²) < 4.78 is 17.0. The fourth-order valence-corrected chi connectivity index (χ4v) is 3.47. The summed E-state index contributed by atoms with van der Waals surface area (Å²) in [4.78, 5) is 2.20. The summed E-state index contributed by atoms with van der Waals surface area (Å²) in [6, 6.07) is 3.57. The molecule has 1 aromatic carbocycles. The molecule has 0 spiro atoms. The lowest BCUT2D eigenvalue weighted by Crippen LogP contribution is -2.57. The quantitative estimate of drug-likeness (QED) is 0.927. The van der Waals surface area contributed by atoms with Crippen molar-refractivity contribution in [3.63, 3.8) is 0 Å². The highest BCUT2D eigenvalue weighted by atomic mass is 16.7. The van der Waals surface area contributed by atoms with E-state index in [9.17, 15) is 5.11 Å². The second-order valence-corrected chi connectivity index (χ2v) is 6.67. The highest BCUT2D eigenvalue weighted by Crippen LogP contribution is 2.47. The molecule has 2 unspecified atom stereocenters. The van der Waals surface area contributed by atoms with Crippen LogP contribution in [-0.4, -0.2) is 42.0 Å². The van der Waals surface area contributed by atoms with Crippen LogP contribution >= 0.6 is 0 Å². The van der Waals surface area contributed by atoms with Crippen molar-refractivity contribution in [2.75, 3.05) is 20.4 Å². The zero-order chi connectivity index (χ0) is 15.9. The smallest absolute Gasteiger partial charge is 0.231 e. The van der Waals surface area contributed by atoms with E-state index in [0.717, 1.165) is 24.9 Å². The first-order valence-corrected chi connectivity index (χ1v) is 7.95. The number of ether oxygens (including phenoxy) is 3. The molecule has 1 aromatic rings. The van der Waals surface area contributed by atoms with Crippen molar-refractivity contribution in [3.8, 4) is 17.2 Å². The number of hydrogen-bond donors (Lipinski definition) is 1. The molecule has 22 heavy (non-hydrogen) atoms. The Labute approximate surface area is 131 Å². The molecule has 2 atom stereocenters. The third-order valence-electron chi connectivity index (χ3n) is 4.55. The molecule has 2 aliphatic heterocycles. The molecular formula is C17H25NO4. The highest BCUT2D eigenvalue weighted by Gasteiger charge is 2.46. The summed E-state index contributed by atoms with van der Waals surface area (Å²) in [6.07, 6.45) is 1.61. The number of aliphatic hydroxyl groups excluding tert-OH is 1. The fourth-order valence-electron chi connectivity index (χ4n) is 3.47. The second kappa shape index (κ2) is 5.63. The van der Waals surface area contributed by atoms with Crippen LogP contribution in [0.3, 0.4) is 0 Å². The molecule has 0 amide bonds. The number of benzene rings is 1. The SMILES string of the molecule is CCCCN(C)C1C(O)c2cc3c(cc2OC1(C)C)OCO3. The average Bonchev–Trinajstić information content (AvgIpc) is 2.89. The van der Waals surface area contributed by atoms with E-state index in [2.05, 4.69) is 11.8 Å². The monoisotopic (exact) mass is 307 g/mol. The van der Waals surface area contributed by atoms with Gasteiger partial charge in [0, 0.05) is 11.6 Å². The molecule has 0 aromatic heterocycles. The number of likely N-dealkylation sites (N-methyl/N-ethyl adjacent to an activating group) is 1. The molecule has 0 aliphatic carbocycles. The summed E-state index contributed by atoms with van der Waals surface area (Å²) in [5, 5.41) is 10.9. The van der Waals surface area contributed by atoms with Crippen molar-refractivity contribution in [2.24, 2.45) is 0 Å². The largest absolute Gasteiger partial charge is 0.486 e. The van der Waals surface area contributed by atoms with E-state index in [1.807, 2.05) is 33.0 Å². The fraction of sp³-hybridized carbons (Fsp3) is 0.647. The van der Waals surface area contributed by atoms with Gasteiger partial charge in [0.05, 0.1) is 6.04 Å². The van der Waals surface area contributed by atoms with Gasteiger partial charge in [-0.05, 0) is 39.9 Å². The van der Waals surface area contributed by atoms with Gasteiger partial charge >= 0.3 is 0 Å². The molecule has 2 aliphatic rings. The number of hydrogen-bond acceptors (Lipinski definition) is 5. The van der Waals surface area contributed by atoms with Crippen molar-refractivity contribution in [1.82, 2.24) is 4.90 Å². The molecule has 0 saturated heterocycles. The number of aliphatic hydroxyl groups is 1. The highest BCUT2D eigenvalue weighted by molar-refractivity contribution is 5.54. The Balaban J connectivity index is 1.94. The van der Waals surface area contributed by atoms with Crippen LogP contribution in [0.5, 0.6) is 17.2 Å². The number of rotatable bonds is 4. The average molecular weight is 307 g/mol. The van der Waals surface area contributed by atoms with E-state index in [1.54, 1.807) is 0 Å². The zero-order valence-corrected chi connectivity index (χ0v) is 13.8. The van der Waals surface area contributed by atoms with Crippen molar-refractivity contribution >= 4 is 0 Å². The molecule has 1 N–H and O–H groups in total. The first-order chi connectivity index (χ1) is 10.4. The predicted molar refractivity (Wildman–Crippen MR) is 83.6 cm³/mol. The van der Waals surface area contributed by atoms with Gasteiger partial charge in [-0.25, -0.2) is 0 Å². The lowest BCUT2D eigenvalue weighted by Gasteiger charge is -2.47. The molecule has 5 heteroatoms. The maximum absolute atomic E-state index is 10.9. The van der Waals surface area contributed by atoms with Crippen LogP contribution in [0.15, 0.2) is 12.1 Å². The maximum Gasteiger partial charge on any atom is 0.231 e. The Morgan fingerprint density at radius 3 is 2.59 bits per heavy atom. The molecule has 5 nitrogen and oxygen atoms in total. The van der Waals surface area contributed by atoms with Crippen LogP contribution in [-0.2, 0) is 0 Å². The molecule has 122 valence electrons. The van der Waals surface area contributed by atoms with E-state index >= 15 is 0 Å². The second-order valence-electron chi connectivity index (χ2n) is 6.67. The number of nitrogens with zero attached hydrogens (tertiary/aromatic N) is 1. The Kier molecular flexibility index (Phi) is 3.95. The summed E-state index contributed by atoms with van der Waals surface area (Å²) >= 11 is 0. The minimum absolute atomic E-state index is 0.105. The lowest BCUT2D eigenvalue weighted by molar-refractivity contribution is -0.0750. The molecular weight excluding hydrogens is 282 g/mol. The minimum atomic E-state index is -0.616. The Hall–Kier alpha value is -1.46. The van der Waals surface area contributed by atoms with E-state index < -0.39 is 11.7 Å². The topological polar surface area (TPSA) is 51.2 Å². The van der Waals surface area contributed by atoms with Crippen LogP contribution in [0.25, 0.3) is 0 Å². The number of unbranched alkanes of at least 4 members (excludes halogenated alkanes) is 1. The first kappa shape index (κ1) is 15.4. The Morgan fingerprint density at radius 2 is 1.91 bits per heavy atom. The van der Waals surface area contributed by atoms with Crippen molar-refractivity contribution in [2.45, 2.75) is 51.4 Å². The predicted octanol–water partition coefficient (Wildman–Crippen LogP) is 2.72. The van der Waals surface area contributed by atoms with Crippen molar-refractivity contribution in [3.05, 3.63) is 17.7 Å². The van der Waals surface area contributed by atoms with Crippen LogP contribution < -0.4 is 14.2 Å². The summed E-state index contributed by atoms with van der Waals surface area (Å²) in [6.45, 7) is 7.37. The van der Waals surface area contributed by atoms with E-state index in [0.29, 0.717) is 17.2 Å². The van der Waals surface area contributed by atoms with Gasteiger partial charge in [-0.2, -0.15) is 0 Å². The molecule has 0 fully saturated rings. The standard InChI is InChI=1S/C17H25NO4/c1-5-6-7-18(4)16-15(19)11-8-13-14(21-10-20-13)9-12(11)22-17(16,2)3/h8-9,15-16,19H,5-7,10H2,1-4H3. The van der Waals surface area contributed by atoms with Crippen LogP contribution in [0, 0.1) is 0 Å². The van der Waals surface area contributed by atoms with Gasteiger partial charge in [0.15, 0.2) is 11.5 Å². The van der Waals surface area contributed by atoms with Gasteiger partial charge in [-0.3, -0.25) is 4.90 Å². The van der Waals surface area contributed by atoms with Gasteiger partial charge in [0.25, 0.3) is 0 Å². The van der Waals surface area contributed by atoms with Crippen molar-refractivity contribution < 1.29 is 19.3 Å². The Morgan fingerprint density at radius 1 is 1.23 bits per heavy atom. The third-order valence-corrected chi connectivity index (χ3v) is 4.55. The van der Waals surface area contributed by atoms with Crippen LogP contribution in [0.4, 0.5) is 0 Å². The van der Waals surface area contributed by atoms with Gasteiger partial charge in [-0.15, -0.1) is 0 Å². The minimum Gasteiger partial charge on any atom is -0.486 e. The summed E-state index contributed by atoms with van der Waals surface area (Å²) in [5.74, 6) is 2.04. The number of fused-ring (bicyclic) bond motifs is 2.